The van der Waals surface area contributed by atoms with Gasteiger partial charge in [0.25, 0.3) is 0 Å². The van der Waals surface area contributed by atoms with Gasteiger partial charge in [0, 0.05) is 12.0 Å². The molecule has 0 saturated carbocycles. The molecule has 0 radical (unpaired) electrons. The van der Waals surface area contributed by atoms with Crippen LogP contribution in [-0.4, -0.2) is 28.9 Å². The van der Waals surface area contributed by atoms with Crippen LogP contribution in [0.25, 0.3) is 0 Å². The molecule has 1 aromatic rings. The molecule has 1 heterocycles. The van der Waals surface area contributed by atoms with Gasteiger partial charge in [0.2, 0.25) is 0 Å². The SMILES string of the molecule is CCCCCCCC(=O)OC(CCCC(O)CO)c1ccoc1. The monoisotopic (exact) mass is 326 g/mol. The van der Waals surface area contributed by atoms with Crippen molar-refractivity contribution in [2.24, 2.45) is 0 Å². The zero-order chi connectivity index (χ0) is 16.9. The summed E-state index contributed by atoms with van der Waals surface area (Å²) in [5, 5.41) is 18.2. The second kappa shape index (κ2) is 12.1. The quantitative estimate of drug-likeness (QED) is 0.426. The van der Waals surface area contributed by atoms with E-state index in [2.05, 4.69) is 6.92 Å². The Balaban J connectivity index is 2.36. The molecule has 0 amide bonds. The Kier molecular flexibility index (Phi) is 10.4. The number of aliphatic hydroxyl groups is 2. The molecule has 0 bridgehead atoms. The number of hydrogen-bond acceptors (Lipinski definition) is 5. The molecule has 0 fully saturated rings. The molecule has 5 nitrogen and oxygen atoms in total. The molecule has 2 unspecified atom stereocenters. The lowest BCUT2D eigenvalue weighted by Gasteiger charge is -2.17. The molecular weight excluding hydrogens is 296 g/mol. The minimum atomic E-state index is -0.714. The van der Waals surface area contributed by atoms with E-state index in [0.29, 0.717) is 25.7 Å². The lowest BCUT2D eigenvalue weighted by Crippen LogP contribution is -2.14. The van der Waals surface area contributed by atoms with Gasteiger partial charge >= 0.3 is 5.97 Å². The first-order valence-electron chi connectivity index (χ1n) is 8.67. The van der Waals surface area contributed by atoms with Gasteiger partial charge in [-0.15, -0.1) is 0 Å². The molecule has 0 saturated heterocycles. The molecule has 0 aliphatic rings. The number of rotatable bonds is 13. The number of aliphatic hydroxyl groups excluding tert-OH is 2. The fraction of sp³-hybridized carbons (Fsp3) is 0.722. The Hall–Kier alpha value is -1.33. The van der Waals surface area contributed by atoms with Crippen LogP contribution in [0.1, 0.15) is 76.4 Å². The third-order valence-corrected chi connectivity index (χ3v) is 3.89. The number of furan rings is 1. The normalized spacial score (nSPS) is 13.7. The topological polar surface area (TPSA) is 79.9 Å². The van der Waals surface area contributed by atoms with Crippen molar-refractivity contribution in [1.82, 2.24) is 0 Å². The van der Waals surface area contributed by atoms with E-state index >= 15 is 0 Å². The molecule has 0 aliphatic heterocycles. The summed E-state index contributed by atoms with van der Waals surface area (Å²) >= 11 is 0. The Morgan fingerprint density at radius 3 is 2.65 bits per heavy atom. The van der Waals surface area contributed by atoms with Crippen LogP contribution in [0, 0.1) is 0 Å². The zero-order valence-electron chi connectivity index (χ0n) is 14.1. The van der Waals surface area contributed by atoms with Crippen LogP contribution in [0.3, 0.4) is 0 Å². The van der Waals surface area contributed by atoms with E-state index in [0.717, 1.165) is 24.8 Å². The van der Waals surface area contributed by atoms with Gasteiger partial charge in [0.15, 0.2) is 0 Å². The number of carbonyl (C=O) groups excluding carboxylic acids is 1. The maximum absolute atomic E-state index is 12.0. The standard InChI is InChI=1S/C18H30O5/c1-2-3-4-5-6-10-18(21)23-17(15-11-12-22-14-15)9-7-8-16(20)13-19/h11-12,14,16-17,19-20H,2-10,13H2,1H3. The lowest BCUT2D eigenvalue weighted by molar-refractivity contribution is -0.150. The molecule has 1 rings (SSSR count). The Labute approximate surface area is 138 Å². The predicted octanol–water partition coefficient (Wildman–Crippen LogP) is 3.75. The van der Waals surface area contributed by atoms with E-state index in [1.54, 1.807) is 18.6 Å². The lowest BCUT2D eigenvalue weighted by atomic mass is 10.0. The van der Waals surface area contributed by atoms with Gasteiger partial charge in [-0.2, -0.15) is 0 Å². The summed E-state index contributed by atoms with van der Waals surface area (Å²) in [6.45, 7) is 1.92. The van der Waals surface area contributed by atoms with Crippen molar-refractivity contribution in [2.75, 3.05) is 6.61 Å². The summed E-state index contributed by atoms with van der Waals surface area (Å²) < 4.78 is 10.6. The molecule has 132 valence electrons. The van der Waals surface area contributed by atoms with Crippen molar-refractivity contribution < 1.29 is 24.2 Å². The summed E-state index contributed by atoms with van der Waals surface area (Å²) in [6.07, 6.45) is 9.77. The third-order valence-electron chi connectivity index (χ3n) is 3.89. The summed E-state index contributed by atoms with van der Waals surface area (Å²) in [5.74, 6) is -0.185. The smallest absolute Gasteiger partial charge is 0.306 e. The van der Waals surface area contributed by atoms with Crippen LogP contribution in [-0.2, 0) is 9.53 Å². The van der Waals surface area contributed by atoms with Crippen LogP contribution in [0.15, 0.2) is 23.0 Å². The van der Waals surface area contributed by atoms with Crippen LogP contribution in [0.5, 0.6) is 0 Å². The fourth-order valence-electron chi connectivity index (χ4n) is 2.47. The number of esters is 1. The summed E-state index contributed by atoms with van der Waals surface area (Å²) in [7, 11) is 0. The van der Waals surface area contributed by atoms with E-state index in [4.69, 9.17) is 14.3 Å². The molecule has 2 atom stereocenters. The van der Waals surface area contributed by atoms with Crippen LogP contribution >= 0.6 is 0 Å². The van der Waals surface area contributed by atoms with E-state index in [1.807, 2.05) is 0 Å². The third kappa shape index (κ3) is 8.77. The number of carbonyl (C=O) groups is 1. The molecule has 0 aliphatic carbocycles. The van der Waals surface area contributed by atoms with Gasteiger partial charge in [-0.3, -0.25) is 4.79 Å². The van der Waals surface area contributed by atoms with Gasteiger partial charge in [-0.05, 0) is 31.7 Å². The minimum Gasteiger partial charge on any atom is -0.472 e. The number of ether oxygens (including phenoxy) is 1. The molecule has 23 heavy (non-hydrogen) atoms. The first-order chi connectivity index (χ1) is 11.2. The first kappa shape index (κ1) is 19.7. The van der Waals surface area contributed by atoms with E-state index in [1.165, 1.54) is 12.8 Å². The molecule has 0 spiro atoms. The second-order valence-electron chi connectivity index (χ2n) is 5.97. The fourth-order valence-corrected chi connectivity index (χ4v) is 2.47. The van der Waals surface area contributed by atoms with Crippen LogP contribution in [0.4, 0.5) is 0 Å². The maximum Gasteiger partial charge on any atom is 0.306 e. The molecule has 1 aromatic heterocycles. The number of unbranched alkanes of at least 4 members (excludes halogenated alkanes) is 4. The zero-order valence-corrected chi connectivity index (χ0v) is 14.1. The molecule has 5 heteroatoms. The predicted molar refractivity (Wildman–Crippen MR) is 87.9 cm³/mol. The first-order valence-corrected chi connectivity index (χ1v) is 8.67. The van der Waals surface area contributed by atoms with Crippen molar-refractivity contribution in [1.29, 1.82) is 0 Å². The highest BCUT2D eigenvalue weighted by Gasteiger charge is 2.18. The van der Waals surface area contributed by atoms with Crippen molar-refractivity contribution >= 4 is 5.97 Å². The highest BCUT2D eigenvalue weighted by molar-refractivity contribution is 5.69. The van der Waals surface area contributed by atoms with Gasteiger partial charge < -0.3 is 19.4 Å². The van der Waals surface area contributed by atoms with Gasteiger partial charge in [0.05, 0.1) is 25.2 Å². The average molecular weight is 326 g/mol. The summed E-state index contributed by atoms with van der Waals surface area (Å²) in [4.78, 5) is 12.0. The Morgan fingerprint density at radius 1 is 1.22 bits per heavy atom. The van der Waals surface area contributed by atoms with E-state index < -0.39 is 6.10 Å². The van der Waals surface area contributed by atoms with Crippen LogP contribution < -0.4 is 0 Å². The largest absolute Gasteiger partial charge is 0.472 e. The highest BCUT2D eigenvalue weighted by Crippen LogP contribution is 2.25. The van der Waals surface area contributed by atoms with Gasteiger partial charge in [-0.25, -0.2) is 0 Å². The summed E-state index contributed by atoms with van der Waals surface area (Å²) in [6, 6.07) is 1.79. The Morgan fingerprint density at radius 2 is 2.00 bits per heavy atom. The van der Waals surface area contributed by atoms with E-state index in [9.17, 15) is 9.90 Å². The number of hydrogen-bond donors (Lipinski definition) is 2. The van der Waals surface area contributed by atoms with Crippen molar-refractivity contribution in [3.8, 4) is 0 Å². The van der Waals surface area contributed by atoms with Crippen LogP contribution in [0.2, 0.25) is 0 Å². The average Bonchev–Trinajstić information content (AvgIpc) is 3.08. The highest BCUT2D eigenvalue weighted by atomic mass is 16.5. The van der Waals surface area contributed by atoms with Gasteiger partial charge in [0.1, 0.15) is 6.10 Å². The van der Waals surface area contributed by atoms with Gasteiger partial charge in [-0.1, -0.05) is 32.6 Å². The minimum absolute atomic E-state index is 0.185. The maximum atomic E-state index is 12.0. The molecule has 0 aromatic carbocycles. The molecule has 2 N–H and O–H groups in total. The van der Waals surface area contributed by atoms with E-state index in [-0.39, 0.29) is 18.7 Å². The van der Waals surface area contributed by atoms with Crippen molar-refractivity contribution in [2.45, 2.75) is 76.9 Å². The molecular formula is C18H30O5. The Bertz CT molecular complexity index is 402. The van der Waals surface area contributed by atoms with Crippen molar-refractivity contribution in [3.05, 3.63) is 24.2 Å². The summed E-state index contributed by atoms with van der Waals surface area (Å²) in [5.41, 5.74) is 0.836. The van der Waals surface area contributed by atoms with Crippen molar-refractivity contribution in [3.63, 3.8) is 0 Å². The second-order valence-corrected chi connectivity index (χ2v) is 5.97.